The Bertz CT molecular complexity index is 467. The molecular formula is C17H22O3. The summed E-state index contributed by atoms with van der Waals surface area (Å²) in [5, 5.41) is 0. The third-order valence-corrected chi connectivity index (χ3v) is 3.70. The van der Waals surface area contributed by atoms with E-state index in [4.69, 9.17) is 9.47 Å². The number of hydrogen-bond donors (Lipinski definition) is 0. The Morgan fingerprint density at radius 2 is 2.10 bits per heavy atom. The van der Waals surface area contributed by atoms with E-state index in [1.54, 1.807) is 6.08 Å². The molecule has 0 spiro atoms. The third kappa shape index (κ3) is 3.62. The molecule has 0 aliphatic heterocycles. The smallest absolute Gasteiger partial charge is 0.302 e. The van der Waals surface area contributed by atoms with Crippen LogP contribution < -0.4 is 4.74 Å². The molecule has 1 fully saturated rings. The van der Waals surface area contributed by atoms with Crippen LogP contribution in [0.5, 0.6) is 5.75 Å². The summed E-state index contributed by atoms with van der Waals surface area (Å²) in [6.45, 7) is 5.64. The van der Waals surface area contributed by atoms with Gasteiger partial charge in [-0.1, -0.05) is 37.3 Å². The summed E-state index contributed by atoms with van der Waals surface area (Å²) in [5.41, 5.74) is 1.14. The van der Waals surface area contributed by atoms with Gasteiger partial charge in [-0.25, -0.2) is 0 Å². The van der Waals surface area contributed by atoms with Crippen molar-refractivity contribution in [3.63, 3.8) is 0 Å². The van der Waals surface area contributed by atoms with Gasteiger partial charge in [0.25, 0.3) is 0 Å². The fraction of sp³-hybridized carbons (Fsp3) is 0.471. The fourth-order valence-corrected chi connectivity index (χ4v) is 2.87. The minimum Gasteiger partial charge on any atom is -0.489 e. The van der Waals surface area contributed by atoms with E-state index in [2.05, 4.69) is 12.6 Å². The van der Waals surface area contributed by atoms with Gasteiger partial charge in [-0.3, -0.25) is 4.79 Å². The van der Waals surface area contributed by atoms with Gasteiger partial charge in [0.05, 0.1) is 0 Å². The van der Waals surface area contributed by atoms with Gasteiger partial charge < -0.3 is 9.47 Å². The summed E-state index contributed by atoms with van der Waals surface area (Å²) in [6.07, 6.45) is 5.95. The van der Waals surface area contributed by atoms with E-state index in [1.165, 1.54) is 6.92 Å². The monoisotopic (exact) mass is 274 g/mol. The van der Waals surface area contributed by atoms with E-state index < -0.39 is 0 Å². The van der Waals surface area contributed by atoms with Crippen LogP contribution in [0, 0.1) is 0 Å². The molecule has 0 unspecified atom stereocenters. The molecule has 0 radical (unpaired) electrons. The summed E-state index contributed by atoms with van der Waals surface area (Å²) in [5.74, 6) is 0.900. The first-order chi connectivity index (χ1) is 9.72. The Hall–Kier alpha value is -1.77. The molecule has 1 aromatic rings. The van der Waals surface area contributed by atoms with Crippen LogP contribution >= 0.6 is 0 Å². The van der Waals surface area contributed by atoms with Crippen LogP contribution in [0.4, 0.5) is 0 Å². The van der Waals surface area contributed by atoms with Crippen LogP contribution in [0.3, 0.4) is 0 Å². The van der Waals surface area contributed by atoms with Crippen molar-refractivity contribution < 1.29 is 14.3 Å². The van der Waals surface area contributed by atoms with Crippen molar-refractivity contribution in [3.8, 4) is 5.75 Å². The number of hydrogen-bond acceptors (Lipinski definition) is 3. The maximum absolute atomic E-state index is 11.3. The first-order valence-electron chi connectivity index (χ1n) is 7.22. The van der Waals surface area contributed by atoms with Crippen molar-refractivity contribution in [1.82, 2.24) is 0 Å². The molecule has 1 aliphatic rings. The average Bonchev–Trinajstić information content (AvgIpc) is 2.45. The van der Waals surface area contributed by atoms with Gasteiger partial charge in [0.1, 0.15) is 18.5 Å². The molecule has 1 saturated carbocycles. The Morgan fingerprint density at radius 3 is 2.85 bits per heavy atom. The standard InChI is InChI=1S/C17H22O3/c1-3-12-19-16-10-6-4-8-14(16)15-9-5-7-11-17(15)20-13(2)18/h3-4,6,8,10,15,17H,1,5,7,9,11-12H2,2H3/t15-,17+/m0/s1. The van der Waals surface area contributed by atoms with E-state index in [0.29, 0.717) is 6.61 Å². The molecule has 1 aromatic carbocycles. The molecule has 20 heavy (non-hydrogen) atoms. The molecule has 3 nitrogen and oxygen atoms in total. The number of carbonyl (C=O) groups excluding carboxylic acids is 1. The van der Waals surface area contributed by atoms with E-state index in [9.17, 15) is 4.79 Å². The summed E-state index contributed by atoms with van der Waals surface area (Å²) in [4.78, 5) is 11.3. The first-order valence-corrected chi connectivity index (χ1v) is 7.22. The zero-order chi connectivity index (χ0) is 14.4. The minimum absolute atomic E-state index is 0.0327. The van der Waals surface area contributed by atoms with Crippen LogP contribution in [0.25, 0.3) is 0 Å². The molecule has 0 aromatic heterocycles. The van der Waals surface area contributed by atoms with Crippen molar-refractivity contribution in [1.29, 1.82) is 0 Å². The normalized spacial score (nSPS) is 22.1. The second kappa shape index (κ2) is 7.13. The minimum atomic E-state index is -0.202. The lowest BCUT2D eigenvalue weighted by Crippen LogP contribution is -2.28. The quantitative estimate of drug-likeness (QED) is 0.604. The molecular weight excluding hydrogens is 252 g/mol. The molecule has 0 heterocycles. The van der Waals surface area contributed by atoms with E-state index in [-0.39, 0.29) is 18.0 Å². The molecule has 1 aliphatic carbocycles. The highest BCUT2D eigenvalue weighted by molar-refractivity contribution is 5.66. The summed E-state index contributed by atoms with van der Waals surface area (Å²) in [7, 11) is 0. The molecule has 0 amide bonds. The third-order valence-electron chi connectivity index (χ3n) is 3.70. The lowest BCUT2D eigenvalue weighted by Gasteiger charge is -2.32. The maximum atomic E-state index is 11.3. The van der Waals surface area contributed by atoms with Crippen molar-refractivity contribution in [3.05, 3.63) is 42.5 Å². The number of esters is 1. The molecule has 108 valence electrons. The Balaban J connectivity index is 2.22. The van der Waals surface area contributed by atoms with Crippen molar-refractivity contribution >= 4 is 5.97 Å². The average molecular weight is 274 g/mol. The van der Waals surface area contributed by atoms with Gasteiger partial charge in [0.15, 0.2) is 0 Å². The van der Waals surface area contributed by atoms with Gasteiger partial charge in [-0.05, 0) is 25.3 Å². The Kier molecular flexibility index (Phi) is 5.22. The maximum Gasteiger partial charge on any atom is 0.302 e. The number of rotatable bonds is 5. The van der Waals surface area contributed by atoms with E-state index in [1.807, 2.05) is 18.2 Å². The predicted molar refractivity (Wildman–Crippen MR) is 78.9 cm³/mol. The highest BCUT2D eigenvalue weighted by Gasteiger charge is 2.30. The van der Waals surface area contributed by atoms with Gasteiger partial charge >= 0.3 is 5.97 Å². The summed E-state index contributed by atoms with van der Waals surface area (Å²) in [6, 6.07) is 8.02. The molecule has 3 heteroatoms. The zero-order valence-electron chi connectivity index (χ0n) is 12.0. The fourth-order valence-electron chi connectivity index (χ4n) is 2.87. The molecule has 2 rings (SSSR count). The van der Waals surface area contributed by atoms with Gasteiger partial charge in [0, 0.05) is 18.4 Å². The zero-order valence-corrected chi connectivity index (χ0v) is 12.0. The second-order valence-electron chi connectivity index (χ2n) is 5.18. The second-order valence-corrected chi connectivity index (χ2v) is 5.18. The van der Waals surface area contributed by atoms with Crippen LogP contribution in [0.1, 0.15) is 44.1 Å². The van der Waals surface area contributed by atoms with E-state index >= 15 is 0 Å². The topological polar surface area (TPSA) is 35.5 Å². The Morgan fingerprint density at radius 1 is 1.35 bits per heavy atom. The van der Waals surface area contributed by atoms with Gasteiger partial charge in [0.2, 0.25) is 0 Å². The van der Waals surface area contributed by atoms with Crippen LogP contribution in [-0.2, 0) is 9.53 Å². The van der Waals surface area contributed by atoms with Crippen LogP contribution in [0.2, 0.25) is 0 Å². The molecule has 2 atom stereocenters. The Labute approximate surface area is 120 Å². The molecule has 0 bridgehead atoms. The molecule has 0 N–H and O–H groups in total. The molecule has 0 saturated heterocycles. The van der Waals surface area contributed by atoms with Crippen LogP contribution in [0.15, 0.2) is 36.9 Å². The number of benzene rings is 1. The summed E-state index contributed by atoms with van der Waals surface area (Å²) < 4.78 is 11.2. The number of ether oxygens (including phenoxy) is 2. The lowest BCUT2D eigenvalue weighted by molar-refractivity contribution is -0.148. The summed E-state index contributed by atoms with van der Waals surface area (Å²) >= 11 is 0. The first kappa shape index (κ1) is 14.6. The SMILES string of the molecule is C=CCOc1ccccc1[C@@H]1CCCC[C@H]1OC(C)=O. The van der Waals surface area contributed by atoms with Crippen molar-refractivity contribution in [2.24, 2.45) is 0 Å². The number of para-hydroxylation sites is 1. The van der Waals surface area contributed by atoms with E-state index in [0.717, 1.165) is 37.0 Å². The van der Waals surface area contributed by atoms with Crippen molar-refractivity contribution in [2.45, 2.75) is 44.6 Å². The van der Waals surface area contributed by atoms with Gasteiger partial charge in [-0.15, -0.1) is 0 Å². The van der Waals surface area contributed by atoms with Crippen molar-refractivity contribution in [2.75, 3.05) is 6.61 Å². The van der Waals surface area contributed by atoms with Gasteiger partial charge in [-0.2, -0.15) is 0 Å². The largest absolute Gasteiger partial charge is 0.489 e. The highest BCUT2D eigenvalue weighted by Crippen LogP contribution is 2.39. The highest BCUT2D eigenvalue weighted by atomic mass is 16.5. The lowest BCUT2D eigenvalue weighted by atomic mass is 9.81. The number of carbonyl (C=O) groups is 1. The van der Waals surface area contributed by atoms with Crippen LogP contribution in [-0.4, -0.2) is 18.7 Å². The predicted octanol–water partition coefficient (Wildman–Crippen LogP) is 3.84.